The van der Waals surface area contributed by atoms with Gasteiger partial charge in [-0.1, -0.05) is 38.0 Å². The summed E-state index contributed by atoms with van der Waals surface area (Å²) < 4.78 is 25.9. The Morgan fingerprint density at radius 2 is 1.87 bits per heavy atom. The molecule has 0 spiro atoms. The largest absolute Gasteiger partial charge is 0.355 e. The Morgan fingerprint density at radius 3 is 2.48 bits per heavy atom. The maximum Gasteiger partial charge on any atom is 0.236 e. The van der Waals surface area contributed by atoms with Gasteiger partial charge in [-0.25, -0.2) is 8.42 Å². The Morgan fingerprint density at radius 1 is 1.26 bits per heavy atom. The fourth-order valence-electron chi connectivity index (χ4n) is 3.07. The smallest absolute Gasteiger partial charge is 0.236 e. The van der Waals surface area contributed by atoms with Crippen molar-refractivity contribution in [3.63, 3.8) is 0 Å². The molecule has 6 heteroatoms. The number of carbonyl (C=O) groups excluding carboxylic acids is 1. The number of nitrogens with zero attached hydrogens (tertiary/aromatic N) is 1. The van der Waals surface area contributed by atoms with Gasteiger partial charge in [0.25, 0.3) is 0 Å². The maximum atomic E-state index is 12.3. The van der Waals surface area contributed by atoms with Crippen LogP contribution in [0.5, 0.6) is 0 Å². The van der Waals surface area contributed by atoms with Gasteiger partial charge in [0.15, 0.2) is 0 Å². The third-order valence-corrected chi connectivity index (χ3v) is 6.48. The number of rotatable bonds is 7. The fourth-order valence-corrected chi connectivity index (χ4v) is 4.15. The van der Waals surface area contributed by atoms with E-state index < -0.39 is 10.0 Å². The van der Waals surface area contributed by atoms with E-state index in [-0.39, 0.29) is 24.1 Å². The summed E-state index contributed by atoms with van der Waals surface area (Å²) in [6, 6.07) is 8.93. The summed E-state index contributed by atoms with van der Waals surface area (Å²) in [5.41, 5.74) is 0.623. The monoisotopic (exact) mass is 338 g/mol. The average molecular weight is 338 g/mol. The zero-order valence-electron chi connectivity index (χ0n) is 13.9. The maximum absolute atomic E-state index is 12.3. The lowest BCUT2D eigenvalue weighted by Gasteiger charge is -2.21. The van der Waals surface area contributed by atoms with Gasteiger partial charge in [0.05, 0.1) is 11.4 Å². The molecule has 0 bridgehead atoms. The lowest BCUT2D eigenvalue weighted by Crippen LogP contribution is -2.38. The van der Waals surface area contributed by atoms with Crippen LogP contribution in [0.1, 0.15) is 32.6 Å². The van der Waals surface area contributed by atoms with Crippen LogP contribution in [0.3, 0.4) is 0 Å². The SMILES string of the molecule is CC(C(=O)NCCS(=O)(=O)N(C)c1ccccc1)C1CCCC1. The minimum atomic E-state index is -3.44. The summed E-state index contributed by atoms with van der Waals surface area (Å²) in [7, 11) is -1.90. The summed E-state index contributed by atoms with van der Waals surface area (Å²) in [5, 5.41) is 2.78. The van der Waals surface area contributed by atoms with Gasteiger partial charge in [-0.05, 0) is 30.9 Å². The van der Waals surface area contributed by atoms with Crippen molar-refractivity contribution >= 4 is 21.6 Å². The van der Waals surface area contributed by atoms with Crippen molar-refractivity contribution in [2.24, 2.45) is 11.8 Å². The molecule has 1 N–H and O–H groups in total. The number of anilines is 1. The zero-order valence-corrected chi connectivity index (χ0v) is 14.7. The molecule has 0 heterocycles. The first-order valence-corrected chi connectivity index (χ1v) is 9.82. The van der Waals surface area contributed by atoms with Gasteiger partial charge in [0.1, 0.15) is 0 Å². The Hall–Kier alpha value is -1.56. The first kappa shape index (κ1) is 17.8. The van der Waals surface area contributed by atoms with Crippen molar-refractivity contribution in [2.45, 2.75) is 32.6 Å². The van der Waals surface area contributed by atoms with Crippen LogP contribution < -0.4 is 9.62 Å². The molecule has 0 aliphatic heterocycles. The Kier molecular flexibility index (Phi) is 6.04. The predicted octanol–water partition coefficient (Wildman–Crippen LogP) is 2.40. The Bertz CT molecular complexity index is 610. The van der Waals surface area contributed by atoms with Gasteiger partial charge in [0, 0.05) is 19.5 Å². The molecular weight excluding hydrogens is 312 g/mol. The van der Waals surface area contributed by atoms with Crippen LogP contribution in [-0.2, 0) is 14.8 Å². The Balaban J connectivity index is 1.83. The number of carbonyl (C=O) groups is 1. The van der Waals surface area contributed by atoms with Crippen LogP contribution in [0.2, 0.25) is 0 Å². The van der Waals surface area contributed by atoms with Gasteiger partial charge in [-0.3, -0.25) is 9.10 Å². The molecule has 5 nitrogen and oxygen atoms in total. The highest BCUT2D eigenvalue weighted by Crippen LogP contribution is 2.31. The first-order valence-electron chi connectivity index (χ1n) is 8.21. The molecule has 1 atom stereocenters. The van der Waals surface area contributed by atoms with Gasteiger partial charge >= 0.3 is 0 Å². The minimum absolute atomic E-state index is 0.0329. The van der Waals surface area contributed by atoms with Gasteiger partial charge < -0.3 is 5.32 Å². The van der Waals surface area contributed by atoms with Crippen molar-refractivity contribution in [2.75, 3.05) is 23.7 Å². The lowest BCUT2D eigenvalue weighted by molar-refractivity contribution is -0.125. The molecule has 1 aromatic rings. The van der Waals surface area contributed by atoms with Crippen molar-refractivity contribution in [3.05, 3.63) is 30.3 Å². The van der Waals surface area contributed by atoms with Crippen molar-refractivity contribution in [3.8, 4) is 0 Å². The van der Waals surface area contributed by atoms with Crippen LogP contribution in [0.15, 0.2) is 30.3 Å². The first-order chi connectivity index (χ1) is 10.9. The van der Waals surface area contributed by atoms with Crippen molar-refractivity contribution in [1.29, 1.82) is 0 Å². The highest BCUT2D eigenvalue weighted by Gasteiger charge is 2.27. The van der Waals surface area contributed by atoms with E-state index in [0.29, 0.717) is 11.6 Å². The molecule has 0 radical (unpaired) electrons. The van der Waals surface area contributed by atoms with Gasteiger partial charge in [0.2, 0.25) is 15.9 Å². The molecule has 1 unspecified atom stereocenters. The summed E-state index contributed by atoms with van der Waals surface area (Å²) >= 11 is 0. The van der Waals surface area contributed by atoms with Crippen LogP contribution >= 0.6 is 0 Å². The number of amides is 1. The Labute approximate surface area is 139 Å². The average Bonchev–Trinajstić information content (AvgIpc) is 3.08. The fraction of sp³-hybridized carbons (Fsp3) is 0.588. The summed E-state index contributed by atoms with van der Waals surface area (Å²) in [4.78, 5) is 12.1. The zero-order chi connectivity index (χ0) is 16.9. The molecule has 0 saturated heterocycles. The van der Waals surface area contributed by atoms with E-state index in [1.165, 1.54) is 24.2 Å². The van der Waals surface area contributed by atoms with Crippen LogP contribution in [0.4, 0.5) is 5.69 Å². The number of benzene rings is 1. The van der Waals surface area contributed by atoms with E-state index in [1.807, 2.05) is 13.0 Å². The number of sulfonamides is 1. The van der Waals surface area contributed by atoms with E-state index in [1.54, 1.807) is 24.3 Å². The highest BCUT2D eigenvalue weighted by atomic mass is 32.2. The molecule has 1 saturated carbocycles. The third-order valence-electron chi connectivity index (χ3n) is 4.72. The van der Waals surface area contributed by atoms with Crippen molar-refractivity contribution < 1.29 is 13.2 Å². The third kappa shape index (κ3) is 4.70. The van der Waals surface area contributed by atoms with E-state index >= 15 is 0 Å². The minimum Gasteiger partial charge on any atom is -0.355 e. The molecule has 1 aromatic carbocycles. The number of nitrogens with one attached hydrogen (secondary N) is 1. The van der Waals surface area contributed by atoms with Gasteiger partial charge in [-0.15, -0.1) is 0 Å². The molecule has 1 aliphatic carbocycles. The lowest BCUT2D eigenvalue weighted by atomic mass is 9.92. The molecular formula is C17H26N2O3S. The molecule has 1 amide bonds. The predicted molar refractivity (Wildman–Crippen MR) is 92.8 cm³/mol. The topological polar surface area (TPSA) is 66.5 Å². The van der Waals surface area contributed by atoms with E-state index in [0.717, 1.165) is 12.8 Å². The molecule has 1 aliphatic rings. The number of hydrogen-bond acceptors (Lipinski definition) is 3. The molecule has 1 fully saturated rings. The second kappa shape index (κ2) is 7.81. The number of para-hydroxylation sites is 1. The highest BCUT2D eigenvalue weighted by molar-refractivity contribution is 7.92. The quantitative estimate of drug-likeness (QED) is 0.830. The van der Waals surface area contributed by atoms with Crippen molar-refractivity contribution in [1.82, 2.24) is 5.32 Å². The molecule has 0 aromatic heterocycles. The summed E-state index contributed by atoms with van der Waals surface area (Å²) in [5.74, 6) is 0.279. The standard InChI is InChI=1S/C17H26N2O3S/c1-14(15-8-6-7-9-15)17(20)18-12-13-23(21,22)19(2)16-10-4-3-5-11-16/h3-5,10-11,14-15H,6-9,12-13H2,1-2H3,(H,18,20). The normalized spacial score (nSPS) is 17.0. The second-order valence-corrected chi connectivity index (χ2v) is 8.36. The van der Waals surface area contributed by atoms with Crippen LogP contribution in [0.25, 0.3) is 0 Å². The van der Waals surface area contributed by atoms with Crippen LogP contribution in [-0.4, -0.2) is 33.7 Å². The van der Waals surface area contributed by atoms with Crippen LogP contribution in [0, 0.1) is 11.8 Å². The molecule has 128 valence electrons. The molecule has 23 heavy (non-hydrogen) atoms. The van der Waals surface area contributed by atoms with E-state index in [9.17, 15) is 13.2 Å². The summed E-state index contributed by atoms with van der Waals surface area (Å²) in [6.07, 6.45) is 4.59. The number of hydrogen-bond donors (Lipinski definition) is 1. The molecule has 2 rings (SSSR count). The summed E-state index contributed by atoms with van der Waals surface area (Å²) in [6.45, 7) is 2.09. The second-order valence-electron chi connectivity index (χ2n) is 6.24. The van der Waals surface area contributed by atoms with E-state index in [2.05, 4.69) is 5.32 Å². The van der Waals surface area contributed by atoms with Gasteiger partial charge in [-0.2, -0.15) is 0 Å². The van der Waals surface area contributed by atoms with E-state index in [4.69, 9.17) is 0 Å².